The minimum Gasteiger partial charge on any atom is -0.490 e. The van der Waals surface area contributed by atoms with Crippen molar-refractivity contribution in [1.29, 1.82) is 0 Å². The minimum absolute atomic E-state index is 0.0546. The zero-order valence-electron chi connectivity index (χ0n) is 23.1. The van der Waals surface area contributed by atoms with Crippen LogP contribution in [-0.2, 0) is 22.6 Å². The highest BCUT2D eigenvalue weighted by molar-refractivity contribution is 6.30. The fraction of sp³-hybridized carbons (Fsp3) is 0.212. The summed E-state index contributed by atoms with van der Waals surface area (Å²) >= 11 is 5.87. The molecule has 0 fully saturated rings. The molecule has 1 heterocycles. The number of carbonyl (C=O) groups is 2. The highest BCUT2D eigenvalue weighted by Gasteiger charge is 2.21. The second-order valence-corrected chi connectivity index (χ2v) is 10.0. The van der Waals surface area contributed by atoms with Crippen LogP contribution in [0, 0.1) is 12.7 Å². The van der Waals surface area contributed by atoms with Crippen molar-refractivity contribution in [3.05, 3.63) is 106 Å². The van der Waals surface area contributed by atoms with Gasteiger partial charge in [0.15, 0.2) is 0 Å². The Labute approximate surface area is 248 Å². The Hall–Kier alpha value is -4.56. The fourth-order valence-electron chi connectivity index (χ4n) is 4.68. The average molecular weight is 592 g/mol. The zero-order chi connectivity index (χ0) is 30.1. The number of aliphatic carboxylic acids is 2. The van der Waals surface area contributed by atoms with Gasteiger partial charge in [-0.3, -0.25) is 9.59 Å². The van der Waals surface area contributed by atoms with Crippen LogP contribution in [0.1, 0.15) is 35.2 Å². The number of aryl methyl sites for hydroxylation is 1. The van der Waals surface area contributed by atoms with E-state index in [4.69, 9.17) is 26.2 Å². The molecule has 0 atom stereocenters. The third-order valence-electron chi connectivity index (χ3n) is 6.69. The fourth-order valence-corrected chi connectivity index (χ4v) is 4.80. The first-order valence-corrected chi connectivity index (χ1v) is 13.8. The van der Waals surface area contributed by atoms with E-state index in [2.05, 4.69) is 0 Å². The molecule has 0 unspecified atom stereocenters. The second kappa shape index (κ2) is 14.4. The molecule has 2 N–H and O–H groups in total. The van der Waals surface area contributed by atoms with Gasteiger partial charge in [0.1, 0.15) is 37.1 Å². The number of benzene rings is 3. The topological polar surface area (TPSA) is 98.0 Å². The summed E-state index contributed by atoms with van der Waals surface area (Å²) in [6.45, 7) is 2.19. The van der Waals surface area contributed by atoms with Gasteiger partial charge in [-0.15, -0.1) is 0 Å². The monoisotopic (exact) mass is 591 g/mol. The number of carboxylic acids is 2. The van der Waals surface area contributed by atoms with Gasteiger partial charge in [-0.1, -0.05) is 35.9 Å². The second-order valence-electron chi connectivity index (χ2n) is 9.60. The maximum atomic E-state index is 15.1. The van der Waals surface area contributed by atoms with Crippen molar-refractivity contribution in [3.63, 3.8) is 0 Å². The third kappa shape index (κ3) is 8.01. The standard InChI is InChI=1S/C33H31ClFNO6/c1-22-28(5-4-6-30(37)38)32-29(35)18-11-24(33(32)36(22)21-31(39)40)10-7-23-8-14-26(15-9-23)41-19-2-3-20-42-27-16-12-25(34)13-17-27/h2-3,7-18H,4-6,19-21H2,1H3,(H,37,38)(H,39,40)/b3-2+,10-7?. The Morgan fingerprint density at radius 3 is 2.10 bits per heavy atom. The molecule has 1 aromatic heterocycles. The zero-order valence-corrected chi connectivity index (χ0v) is 23.8. The first kappa shape index (κ1) is 30.4. The number of rotatable bonds is 14. The Bertz CT molecular complexity index is 1610. The van der Waals surface area contributed by atoms with Gasteiger partial charge in [0.2, 0.25) is 0 Å². The molecular formula is C33H31ClFNO6. The maximum absolute atomic E-state index is 15.1. The number of carboxylic acid groups (broad SMARTS) is 2. The number of nitrogens with zero attached hydrogens (tertiary/aromatic N) is 1. The lowest BCUT2D eigenvalue weighted by Gasteiger charge is -2.08. The predicted octanol–water partition coefficient (Wildman–Crippen LogP) is 7.42. The third-order valence-corrected chi connectivity index (χ3v) is 6.94. The van der Waals surface area contributed by atoms with E-state index in [1.54, 1.807) is 41.8 Å². The van der Waals surface area contributed by atoms with Crippen molar-refractivity contribution in [2.45, 2.75) is 32.7 Å². The number of fused-ring (bicyclic) bond motifs is 1. The van der Waals surface area contributed by atoms with Crippen LogP contribution in [0.3, 0.4) is 0 Å². The van der Waals surface area contributed by atoms with E-state index in [0.29, 0.717) is 64.6 Å². The highest BCUT2D eigenvalue weighted by Crippen LogP contribution is 2.33. The lowest BCUT2D eigenvalue weighted by molar-refractivity contribution is -0.138. The smallest absolute Gasteiger partial charge is 0.323 e. The van der Waals surface area contributed by atoms with Gasteiger partial charge in [-0.2, -0.15) is 0 Å². The number of hydrogen-bond acceptors (Lipinski definition) is 4. The van der Waals surface area contributed by atoms with E-state index < -0.39 is 17.8 Å². The molecule has 9 heteroatoms. The molecular weight excluding hydrogens is 561 g/mol. The first-order valence-electron chi connectivity index (χ1n) is 13.4. The van der Waals surface area contributed by atoms with Crippen molar-refractivity contribution in [2.24, 2.45) is 0 Å². The van der Waals surface area contributed by atoms with E-state index in [1.165, 1.54) is 6.07 Å². The molecule has 0 aliphatic carbocycles. The average Bonchev–Trinajstić information content (AvgIpc) is 3.23. The van der Waals surface area contributed by atoms with E-state index in [-0.39, 0.29) is 13.0 Å². The molecule has 0 amide bonds. The van der Waals surface area contributed by atoms with Crippen LogP contribution in [0.15, 0.2) is 72.8 Å². The summed E-state index contributed by atoms with van der Waals surface area (Å²) in [5, 5.41) is 19.5. The molecule has 7 nitrogen and oxygen atoms in total. The van der Waals surface area contributed by atoms with Gasteiger partial charge in [-0.05, 0) is 97.1 Å². The summed E-state index contributed by atoms with van der Waals surface area (Å²) in [5.41, 5.74) is 3.26. The van der Waals surface area contributed by atoms with Crippen molar-refractivity contribution in [1.82, 2.24) is 4.57 Å². The van der Waals surface area contributed by atoms with E-state index in [9.17, 15) is 14.7 Å². The maximum Gasteiger partial charge on any atom is 0.323 e. The summed E-state index contributed by atoms with van der Waals surface area (Å²) < 4.78 is 28.0. The largest absolute Gasteiger partial charge is 0.490 e. The van der Waals surface area contributed by atoms with E-state index in [1.807, 2.05) is 48.6 Å². The number of aromatic nitrogens is 1. The molecule has 0 saturated heterocycles. The molecule has 0 bridgehead atoms. The lowest BCUT2D eigenvalue weighted by atomic mass is 10.0. The molecule has 4 rings (SSSR count). The van der Waals surface area contributed by atoms with Gasteiger partial charge in [0.25, 0.3) is 0 Å². The minimum atomic E-state index is -1.05. The summed E-state index contributed by atoms with van der Waals surface area (Å²) in [6.07, 6.45) is 8.02. The molecule has 0 spiro atoms. The van der Waals surface area contributed by atoms with E-state index >= 15 is 4.39 Å². The van der Waals surface area contributed by atoms with Gasteiger partial charge < -0.3 is 24.3 Å². The molecule has 0 aliphatic heterocycles. The molecule has 42 heavy (non-hydrogen) atoms. The van der Waals surface area contributed by atoms with Crippen LogP contribution in [-0.4, -0.2) is 39.9 Å². The molecule has 0 aliphatic rings. The quantitative estimate of drug-likeness (QED) is 0.117. The summed E-state index contributed by atoms with van der Waals surface area (Å²) in [7, 11) is 0. The van der Waals surface area contributed by atoms with Gasteiger partial charge in [0.05, 0.1) is 5.52 Å². The summed E-state index contributed by atoms with van der Waals surface area (Å²) in [5.74, 6) is -1.02. The van der Waals surface area contributed by atoms with Crippen LogP contribution in [0.2, 0.25) is 5.02 Å². The van der Waals surface area contributed by atoms with Crippen molar-refractivity contribution < 1.29 is 33.7 Å². The molecule has 0 radical (unpaired) electrons. The SMILES string of the molecule is Cc1c(CCCC(=O)O)c2c(F)ccc(C=Cc3ccc(OC/C=C/COc4ccc(Cl)cc4)cc3)c2n1CC(=O)O. The van der Waals surface area contributed by atoms with Crippen molar-refractivity contribution in [2.75, 3.05) is 13.2 Å². The lowest BCUT2D eigenvalue weighted by Crippen LogP contribution is -2.10. The Morgan fingerprint density at radius 1 is 0.881 bits per heavy atom. The number of ether oxygens (including phenoxy) is 2. The van der Waals surface area contributed by atoms with Gasteiger partial charge in [0, 0.05) is 22.5 Å². The van der Waals surface area contributed by atoms with Gasteiger partial charge >= 0.3 is 11.9 Å². The van der Waals surface area contributed by atoms with Crippen molar-refractivity contribution in [3.8, 4) is 11.5 Å². The summed E-state index contributed by atoms with van der Waals surface area (Å²) in [4.78, 5) is 22.7. The van der Waals surface area contributed by atoms with E-state index in [0.717, 1.165) is 11.3 Å². The van der Waals surface area contributed by atoms with Crippen LogP contribution >= 0.6 is 11.6 Å². The number of halogens is 2. The molecule has 4 aromatic rings. The first-order chi connectivity index (χ1) is 20.2. The Morgan fingerprint density at radius 2 is 1.50 bits per heavy atom. The molecule has 218 valence electrons. The molecule has 0 saturated carbocycles. The molecule has 3 aromatic carbocycles. The van der Waals surface area contributed by atoms with Crippen LogP contribution in [0.5, 0.6) is 11.5 Å². The van der Waals surface area contributed by atoms with Crippen LogP contribution < -0.4 is 9.47 Å². The number of hydrogen-bond donors (Lipinski definition) is 2. The van der Waals surface area contributed by atoms with Crippen molar-refractivity contribution >= 4 is 46.6 Å². The van der Waals surface area contributed by atoms with Crippen LogP contribution in [0.25, 0.3) is 23.1 Å². The van der Waals surface area contributed by atoms with Crippen LogP contribution in [0.4, 0.5) is 4.39 Å². The predicted molar refractivity (Wildman–Crippen MR) is 162 cm³/mol. The normalized spacial score (nSPS) is 11.5. The highest BCUT2D eigenvalue weighted by atomic mass is 35.5. The Kier molecular flexibility index (Phi) is 10.4. The Balaban J connectivity index is 1.44. The summed E-state index contributed by atoms with van der Waals surface area (Å²) in [6, 6.07) is 17.6. The van der Waals surface area contributed by atoms with Gasteiger partial charge in [-0.25, -0.2) is 4.39 Å².